The van der Waals surface area contributed by atoms with Crippen molar-refractivity contribution in [3.8, 4) is 17.1 Å². The number of aromatic nitrogens is 3. The number of carbonyl (C=O) groups excluding carboxylic acids is 1. The number of pyridine rings is 1. The maximum atomic E-state index is 14.7. The van der Waals surface area contributed by atoms with Gasteiger partial charge in [0.2, 0.25) is 5.92 Å². The van der Waals surface area contributed by atoms with E-state index in [1.165, 1.54) is 31.8 Å². The number of carbonyl (C=O) groups is 1. The maximum absolute atomic E-state index is 14.7. The fourth-order valence-electron chi connectivity index (χ4n) is 4.11. The molecule has 7 nitrogen and oxygen atoms in total. The molecule has 1 aliphatic rings. The second-order valence-corrected chi connectivity index (χ2v) is 8.94. The molecule has 196 valence electrons. The highest BCUT2D eigenvalue weighted by molar-refractivity contribution is 6.06. The van der Waals surface area contributed by atoms with Crippen LogP contribution in [-0.4, -0.2) is 46.6 Å². The Morgan fingerprint density at radius 1 is 1.11 bits per heavy atom. The van der Waals surface area contributed by atoms with E-state index in [1.807, 2.05) is 0 Å². The molecular weight excluding hydrogens is 492 g/mol. The minimum atomic E-state index is -2.77. The van der Waals surface area contributed by atoms with E-state index in [9.17, 15) is 22.4 Å². The number of rotatable bonds is 8. The molecule has 1 aromatic carbocycles. The first-order chi connectivity index (χ1) is 17.7. The summed E-state index contributed by atoms with van der Waals surface area (Å²) in [7, 11) is 1.54. The van der Waals surface area contributed by atoms with Crippen LogP contribution in [-0.2, 0) is 4.74 Å². The van der Waals surface area contributed by atoms with Crippen LogP contribution in [0.1, 0.15) is 54.6 Å². The lowest BCUT2D eigenvalue weighted by Gasteiger charge is -2.29. The largest absolute Gasteiger partial charge is 0.461 e. The average molecular weight is 519 g/mol. The van der Waals surface area contributed by atoms with Crippen LogP contribution in [0, 0.1) is 11.6 Å². The molecule has 2 heterocycles. The van der Waals surface area contributed by atoms with Gasteiger partial charge in [-0.2, -0.15) is 0 Å². The highest BCUT2D eigenvalue weighted by Crippen LogP contribution is 2.44. The molecule has 0 radical (unpaired) electrons. The maximum Gasteiger partial charge on any atom is 0.316 e. The van der Waals surface area contributed by atoms with Gasteiger partial charge in [0.15, 0.2) is 0 Å². The van der Waals surface area contributed by atoms with Gasteiger partial charge in [0.25, 0.3) is 5.91 Å². The predicted octanol–water partition coefficient (Wildman–Crippen LogP) is 5.78. The summed E-state index contributed by atoms with van der Waals surface area (Å²) in [6, 6.07) is 4.47. The summed E-state index contributed by atoms with van der Waals surface area (Å²) in [6.45, 7) is 2.02. The lowest BCUT2D eigenvalue weighted by atomic mass is 9.83. The number of methoxy groups -OCH3 is 1. The average Bonchev–Trinajstić information content (AvgIpc) is 2.89. The SMILES string of the molecule is COC(C)COc1ncc(C(=O)Nc2c(-c3cc(F)ccc3F)ccnc2C2CCC(F)(F)CC2)cn1. The molecule has 1 atom stereocenters. The molecule has 3 aromatic rings. The molecule has 1 amide bonds. The first kappa shape index (κ1) is 26.5. The summed E-state index contributed by atoms with van der Waals surface area (Å²) in [5.74, 6) is -5.18. The highest BCUT2D eigenvalue weighted by atomic mass is 19.3. The van der Waals surface area contributed by atoms with Crippen molar-refractivity contribution in [1.82, 2.24) is 15.0 Å². The number of alkyl halides is 2. The van der Waals surface area contributed by atoms with Crippen molar-refractivity contribution in [3.05, 3.63) is 65.7 Å². The molecule has 1 unspecified atom stereocenters. The number of amides is 1. The number of halogens is 4. The molecule has 0 bridgehead atoms. The topological polar surface area (TPSA) is 86.2 Å². The summed E-state index contributed by atoms with van der Waals surface area (Å²) in [4.78, 5) is 25.6. The Bertz CT molecular complexity index is 1250. The van der Waals surface area contributed by atoms with E-state index in [2.05, 4.69) is 20.3 Å². The lowest BCUT2D eigenvalue weighted by molar-refractivity contribution is -0.0384. The minimum absolute atomic E-state index is 0.0492. The third kappa shape index (κ3) is 6.40. The van der Waals surface area contributed by atoms with E-state index >= 15 is 0 Å². The normalized spacial score (nSPS) is 16.3. The van der Waals surface area contributed by atoms with Crippen LogP contribution in [0.4, 0.5) is 23.2 Å². The molecule has 1 aliphatic carbocycles. The van der Waals surface area contributed by atoms with Crippen molar-refractivity contribution in [3.63, 3.8) is 0 Å². The Kier molecular flexibility index (Phi) is 8.01. The third-order valence-electron chi connectivity index (χ3n) is 6.28. The number of hydrogen-bond donors (Lipinski definition) is 1. The van der Waals surface area contributed by atoms with Crippen LogP contribution in [0.3, 0.4) is 0 Å². The van der Waals surface area contributed by atoms with E-state index in [0.29, 0.717) is 5.69 Å². The van der Waals surface area contributed by atoms with Crippen molar-refractivity contribution >= 4 is 11.6 Å². The van der Waals surface area contributed by atoms with Gasteiger partial charge in [-0.25, -0.2) is 27.5 Å². The van der Waals surface area contributed by atoms with Crippen LogP contribution in [0.5, 0.6) is 6.01 Å². The van der Waals surface area contributed by atoms with Crippen LogP contribution in [0.2, 0.25) is 0 Å². The van der Waals surface area contributed by atoms with Crippen molar-refractivity contribution in [2.45, 2.75) is 50.6 Å². The summed E-state index contributed by atoms with van der Waals surface area (Å²) >= 11 is 0. The molecular formula is C26H26F4N4O3. The van der Waals surface area contributed by atoms with Crippen molar-refractivity contribution in [2.24, 2.45) is 0 Å². The molecule has 1 saturated carbocycles. The molecule has 37 heavy (non-hydrogen) atoms. The van der Waals surface area contributed by atoms with Gasteiger partial charge < -0.3 is 14.8 Å². The molecule has 1 N–H and O–H groups in total. The van der Waals surface area contributed by atoms with Gasteiger partial charge in [-0.1, -0.05) is 0 Å². The molecule has 11 heteroatoms. The Balaban J connectivity index is 1.66. The van der Waals surface area contributed by atoms with Gasteiger partial charge in [0.1, 0.15) is 18.2 Å². The lowest BCUT2D eigenvalue weighted by Crippen LogP contribution is -2.25. The zero-order chi connectivity index (χ0) is 26.6. The van der Waals surface area contributed by atoms with E-state index in [0.717, 1.165) is 18.2 Å². The van der Waals surface area contributed by atoms with Crippen molar-refractivity contribution in [2.75, 3.05) is 19.0 Å². The predicted molar refractivity (Wildman–Crippen MR) is 128 cm³/mol. The molecule has 0 saturated heterocycles. The standard InChI is InChI=1S/C26H26F4N4O3/c1-15(36-2)14-37-25-32-12-17(13-33-25)24(35)34-23-19(20-11-18(27)3-4-21(20)28)7-10-31-22(23)16-5-8-26(29,30)9-6-16/h3-4,7,10-13,15-16H,5-6,8-9,14H2,1-2H3,(H,34,35). The molecule has 1 fully saturated rings. The van der Waals surface area contributed by atoms with Gasteiger partial charge in [-0.3, -0.25) is 9.78 Å². The number of nitrogens with one attached hydrogen (secondary N) is 1. The minimum Gasteiger partial charge on any atom is -0.461 e. The summed E-state index contributed by atoms with van der Waals surface area (Å²) in [5.41, 5.74) is 0.623. The second kappa shape index (κ2) is 11.2. The molecule has 0 aliphatic heterocycles. The Labute approximate surface area is 211 Å². The van der Waals surface area contributed by atoms with Crippen LogP contribution in [0.25, 0.3) is 11.1 Å². The van der Waals surface area contributed by atoms with Crippen LogP contribution in [0.15, 0.2) is 42.9 Å². The second-order valence-electron chi connectivity index (χ2n) is 8.94. The summed E-state index contributed by atoms with van der Waals surface area (Å²) in [6.07, 6.45) is 3.33. The van der Waals surface area contributed by atoms with Crippen LogP contribution >= 0.6 is 0 Å². The number of hydrogen-bond acceptors (Lipinski definition) is 6. The highest BCUT2D eigenvalue weighted by Gasteiger charge is 2.37. The zero-order valence-corrected chi connectivity index (χ0v) is 20.3. The number of nitrogens with zero attached hydrogens (tertiary/aromatic N) is 3. The summed E-state index contributed by atoms with van der Waals surface area (Å²) in [5, 5.41) is 2.72. The van der Waals surface area contributed by atoms with E-state index < -0.39 is 29.4 Å². The van der Waals surface area contributed by atoms with Gasteiger partial charge in [0, 0.05) is 55.6 Å². The van der Waals surface area contributed by atoms with Crippen molar-refractivity contribution in [1.29, 1.82) is 0 Å². The molecule has 4 rings (SSSR count). The van der Waals surface area contributed by atoms with Crippen molar-refractivity contribution < 1.29 is 31.8 Å². The van der Waals surface area contributed by atoms with E-state index in [-0.39, 0.29) is 66.8 Å². The monoisotopic (exact) mass is 518 g/mol. The fourth-order valence-corrected chi connectivity index (χ4v) is 4.11. The Morgan fingerprint density at radius 3 is 2.49 bits per heavy atom. The van der Waals surface area contributed by atoms with Gasteiger partial charge in [0.05, 0.1) is 23.0 Å². The fraction of sp³-hybridized carbons (Fsp3) is 0.385. The Hall–Kier alpha value is -3.60. The van der Waals surface area contributed by atoms with Gasteiger partial charge in [-0.15, -0.1) is 0 Å². The third-order valence-corrected chi connectivity index (χ3v) is 6.28. The smallest absolute Gasteiger partial charge is 0.316 e. The van der Waals surface area contributed by atoms with E-state index in [1.54, 1.807) is 6.92 Å². The number of benzene rings is 1. The van der Waals surface area contributed by atoms with Gasteiger partial charge in [-0.05, 0) is 44.0 Å². The number of ether oxygens (including phenoxy) is 2. The molecule has 0 spiro atoms. The van der Waals surface area contributed by atoms with Gasteiger partial charge >= 0.3 is 6.01 Å². The molecule has 2 aromatic heterocycles. The quantitative estimate of drug-likeness (QED) is 0.381. The zero-order valence-electron chi connectivity index (χ0n) is 20.3. The van der Waals surface area contributed by atoms with E-state index in [4.69, 9.17) is 9.47 Å². The first-order valence-electron chi connectivity index (χ1n) is 11.8. The summed E-state index contributed by atoms with van der Waals surface area (Å²) < 4.78 is 66.9. The Morgan fingerprint density at radius 2 is 1.81 bits per heavy atom. The van der Waals surface area contributed by atoms with Crippen LogP contribution < -0.4 is 10.1 Å². The number of anilines is 1. The first-order valence-corrected chi connectivity index (χ1v) is 11.8.